The first-order valence-corrected chi connectivity index (χ1v) is 7.81. The van der Waals surface area contributed by atoms with Crippen molar-refractivity contribution in [1.29, 1.82) is 0 Å². The van der Waals surface area contributed by atoms with E-state index < -0.39 is 0 Å². The number of carbonyl (C=O) groups is 1. The summed E-state index contributed by atoms with van der Waals surface area (Å²) in [6.07, 6.45) is 7.66. The van der Waals surface area contributed by atoms with Crippen molar-refractivity contribution in [2.75, 3.05) is 0 Å². The number of aromatic amines is 1. The molecule has 116 valence electrons. The van der Waals surface area contributed by atoms with E-state index in [2.05, 4.69) is 15.5 Å². The SMILES string of the molecule is O=C(N/N=C/c1ccco1)c1ccc2[nH]c3c(c2c1)CCCC3. The van der Waals surface area contributed by atoms with Crippen molar-refractivity contribution < 1.29 is 9.21 Å². The van der Waals surface area contributed by atoms with Gasteiger partial charge in [0.15, 0.2) is 0 Å². The van der Waals surface area contributed by atoms with Crippen LogP contribution in [0.2, 0.25) is 0 Å². The number of rotatable bonds is 3. The summed E-state index contributed by atoms with van der Waals surface area (Å²) in [5.74, 6) is 0.376. The van der Waals surface area contributed by atoms with E-state index in [1.165, 1.54) is 30.3 Å². The third-order valence-corrected chi connectivity index (χ3v) is 4.26. The molecule has 0 fully saturated rings. The van der Waals surface area contributed by atoms with Crippen LogP contribution in [0.5, 0.6) is 0 Å². The molecule has 5 nitrogen and oxygen atoms in total. The summed E-state index contributed by atoms with van der Waals surface area (Å²) in [4.78, 5) is 15.7. The van der Waals surface area contributed by atoms with E-state index >= 15 is 0 Å². The molecular formula is C18H17N3O2. The van der Waals surface area contributed by atoms with E-state index in [0.717, 1.165) is 23.7 Å². The molecule has 0 saturated heterocycles. The van der Waals surface area contributed by atoms with Crippen LogP contribution in [-0.4, -0.2) is 17.1 Å². The fourth-order valence-electron chi connectivity index (χ4n) is 3.13. The Hall–Kier alpha value is -2.82. The maximum atomic E-state index is 12.2. The topological polar surface area (TPSA) is 70.4 Å². The smallest absolute Gasteiger partial charge is 0.271 e. The number of amides is 1. The molecule has 0 bridgehead atoms. The number of nitrogens with zero attached hydrogens (tertiary/aromatic N) is 1. The highest BCUT2D eigenvalue weighted by molar-refractivity contribution is 5.99. The molecule has 2 heterocycles. The Morgan fingerprint density at radius 2 is 2.17 bits per heavy atom. The van der Waals surface area contributed by atoms with Gasteiger partial charge in [0, 0.05) is 22.2 Å². The Balaban J connectivity index is 1.57. The number of H-pyrrole nitrogens is 1. The molecular weight excluding hydrogens is 290 g/mol. The highest BCUT2D eigenvalue weighted by Crippen LogP contribution is 2.29. The quantitative estimate of drug-likeness (QED) is 0.575. The lowest BCUT2D eigenvalue weighted by Gasteiger charge is -2.10. The number of carbonyl (C=O) groups excluding carboxylic acids is 1. The predicted octanol–water partition coefficient (Wildman–Crippen LogP) is 3.40. The van der Waals surface area contributed by atoms with Crippen LogP contribution < -0.4 is 5.43 Å². The molecule has 0 radical (unpaired) electrons. The van der Waals surface area contributed by atoms with E-state index in [-0.39, 0.29) is 5.91 Å². The molecule has 23 heavy (non-hydrogen) atoms. The summed E-state index contributed by atoms with van der Waals surface area (Å²) in [6, 6.07) is 9.29. The number of aryl methyl sites for hydroxylation is 2. The summed E-state index contributed by atoms with van der Waals surface area (Å²) in [5.41, 5.74) is 6.93. The minimum absolute atomic E-state index is 0.222. The van der Waals surface area contributed by atoms with E-state index in [4.69, 9.17) is 4.42 Å². The zero-order valence-electron chi connectivity index (χ0n) is 12.6. The van der Waals surface area contributed by atoms with Crippen LogP contribution in [0.3, 0.4) is 0 Å². The number of furan rings is 1. The molecule has 2 aromatic heterocycles. The number of fused-ring (bicyclic) bond motifs is 3. The van der Waals surface area contributed by atoms with Gasteiger partial charge in [-0.05, 0) is 61.6 Å². The van der Waals surface area contributed by atoms with Crippen LogP contribution in [0.4, 0.5) is 0 Å². The first kappa shape index (κ1) is 13.8. The van der Waals surface area contributed by atoms with Gasteiger partial charge in [0.25, 0.3) is 5.91 Å². The van der Waals surface area contributed by atoms with Gasteiger partial charge in [-0.1, -0.05) is 0 Å². The maximum absolute atomic E-state index is 12.2. The van der Waals surface area contributed by atoms with Crippen LogP contribution >= 0.6 is 0 Å². The number of hydrazone groups is 1. The molecule has 1 aromatic carbocycles. The van der Waals surface area contributed by atoms with Crippen LogP contribution in [0.15, 0.2) is 46.1 Å². The molecule has 1 aliphatic rings. The van der Waals surface area contributed by atoms with Crippen molar-refractivity contribution in [2.24, 2.45) is 5.10 Å². The van der Waals surface area contributed by atoms with Crippen LogP contribution in [-0.2, 0) is 12.8 Å². The third-order valence-electron chi connectivity index (χ3n) is 4.26. The van der Waals surface area contributed by atoms with Gasteiger partial charge in [0.1, 0.15) is 5.76 Å². The minimum atomic E-state index is -0.222. The van der Waals surface area contributed by atoms with Gasteiger partial charge in [0.05, 0.1) is 12.5 Å². The van der Waals surface area contributed by atoms with Gasteiger partial charge in [-0.25, -0.2) is 5.43 Å². The summed E-state index contributed by atoms with van der Waals surface area (Å²) >= 11 is 0. The van der Waals surface area contributed by atoms with E-state index in [9.17, 15) is 4.79 Å². The Kier molecular flexibility index (Phi) is 3.46. The lowest BCUT2D eigenvalue weighted by molar-refractivity contribution is 0.0955. The zero-order valence-corrected chi connectivity index (χ0v) is 12.6. The van der Waals surface area contributed by atoms with Gasteiger partial charge in [-0.2, -0.15) is 5.10 Å². The molecule has 2 N–H and O–H groups in total. The number of nitrogens with one attached hydrogen (secondary N) is 2. The molecule has 0 aliphatic heterocycles. The number of benzene rings is 1. The zero-order chi connectivity index (χ0) is 15.6. The highest BCUT2D eigenvalue weighted by Gasteiger charge is 2.16. The standard InChI is InChI=1S/C18H17N3O2/c22-18(21-19-11-13-4-3-9-23-13)12-7-8-17-15(10-12)14-5-1-2-6-16(14)20-17/h3-4,7-11,20H,1-2,5-6H2,(H,21,22)/b19-11+. The van der Waals surface area contributed by atoms with Crippen molar-refractivity contribution in [3.63, 3.8) is 0 Å². The largest absolute Gasteiger partial charge is 0.463 e. The second-order valence-corrected chi connectivity index (χ2v) is 5.76. The van der Waals surface area contributed by atoms with Crippen molar-refractivity contribution in [1.82, 2.24) is 10.4 Å². The highest BCUT2D eigenvalue weighted by atomic mass is 16.3. The summed E-state index contributed by atoms with van der Waals surface area (Å²) in [5, 5.41) is 5.07. The van der Waals surface area contributed by atoms with Gasteiger partial charge in [0.2, 0.25) is 0 Å². The fraction of sp³-hybridized carbons (Fsp3) is 0.222. The Labute approximate surface area is 133 Å². The van der Waals surface area contributed by atoms with Gasteiger partial charge < -0.3 is 9.40 Å². The van der Waals surface area contributed by atoms with E-state index in [1.54, 1.807) is 18.4 Å². The van der Waals surface area contributed by atoms with Crippen LogP contribution in [0, 0.1) is 0 Å². The van der Waals surface area contributed by atoms with Crippen LogP contribution in [0.1, 0.15) is 40.2 Å². The monoisotopic (exact) mass is 307 g/mol. The van der Waals surface area contributed by atoms with Gasteiger partial charge in [-0.15, -0.1) is 0 Å². The first-order chi connectivity index (χ1) is 11.3. The fourth-order valence-corrected chi connectivity index (χ4v) is 3.13. The van der Waals surface area contributed by atoms with Crippen molar-refractivity contribution in [3.05, 3.63) is 59.2 Å². The predicted molar refractivity (Wildman–Crippen MR) is 88.7 cm³/mol. The maximum Gasteiger partial charge on any atom is 0.271 e. The normalized spacial score (nSPS) is 14.3. The van der Waals surface area contributed by atoms with Crippen molar-refractivity contribution in [2.45, 2.75) is 25.7 Å². The van der Waals surface area contributed by atoms with Crippen molar-refractivity contribution >= 4 is 23.0 Å². The molecule has 5 heteroatoms. The Bertz CT molecular complexity index is 875. The number of hydrogen-bond donors (Lipinski definition) is 2. The van der Waals surface area contributed by atoms with E-state index in [1.807, 2.05) is 18.2 Å². The summed E-state index contributed by atoms with van der Waals surface area (Å²) in [6.45, 7) is 0. The molecule has 0 saturated carbocycles. The molecule has 0 spiro atoms. The average molecular weight is 307 g/mol. The van der Waals surface area contributed by atoms with Gasteiger partial charge >= 0.3 is 0 Å². The molecule has 1 aliphatic carbocycles. The third kappa shape index (κ3) is 2.65. The molecule has 3 aromatic rings. The molecule has 0 unspecified atom stereocenters. The average Bonchev–Trinajstić information content (AvgIpc) is 3.21. The number of aromatic nitrogens is 1. The van der Waals surface area contributed by atoms with Gasteiger partial charge in [-0.3, -0.25) is 4.79 Å². The Morgan fingerprint density at radius 1 is 1.26 bits per heavy atom. The minimum Gasteiger partial charge on any atom is -0.463 e. The lowest BCUT2D eigenvalue weighted by Crippen LogP contribution is -2.17. The lowest BCUT2D eigenvalue weighted by atomic mass is 9.95. The number of hydrogen-bond acceptors (Lipinski definition) is 3. The second-order valence-electron chi connectivity index (χ2n) is 5.76. The molecule has 4 rings (SSSR count). The summed E-state index contributed by atoms with van der Waals surface area (Å²) in [7, 11) is 0. The second kappa shape index (κ2) is 5.76. The van der Waals surface area contributed by atoms with Crippen LogP contribution in [0.25, 0.3) is 10.9 Å². The first-order valence-electron chi connectivity index (χ1n) is 7.81. The van der Waals surface area contributed by atoms with Crippen molar-refractivity contribution in [3.8, 4) is 0 Å². The van der Waals surface area contributed by atoms with E-state index in [0.29, 0.717) is 11.3 Å². The molecule has 0 atom stereocenters. The molecule has 1 amide bonds. The summed E-state index contributed by atoms with van der Waals surface area (Å²) < 4.78 is 5.13. The Morgan fingerprint density at radius 3 is 3.04 bits per heavy atom.